The number of rotatable bonds is 8. The van der Waals surface area contributed by atoms with E-state index in [1.165, 1.54) is 5.56 Å². The summed E-state index contributed by atoms with van der Waals surface area (Å²) in [6.45, 7) is 13.5. The van der Waals surface area contributed by atoms with Crippen molar-refractivity contribution in [1.29, 1.82) is 0 Å². The zero-order valence-corrected chi connectivity index (χ0v) is 17.1. The molecule has 0 saturated heterocycles. The van der Waals surface area contributed by atoms with Gasteiger partial charge < -0.3 is 15.4 Å². The van der Waals surface area contributed by atoms with Crippen LogP contribution < -0.4 is 15.4 Å². The fraction of sp³-hybridized carbons (Fsp3) is 0.619. The van der Waals surface area contributed by atoms with Crippen molar-refractivity contribution < 1.29 is 14.3 Å². The maximum atomic E-state index is 11.8. The molecule has 0 saturated carbocycles. The molecule has 146 valence electrons. The van der Waals surface area contributed by atoms with Crippen molar-refractivity contribution in [2.75, 3.05) is 19.7 Å². The summed E-state index contributed by atoms with van der Waals surface area (Å²) in [7, 11) is 0. The second-order valence-electron chi connectivity index (χ2n) is 8.58. The van der Waals surface area contributed by atoms with E-state index in [0.717, 1.165) is 5.75 Å². The molecule has 0 radical (unpaired) electrons. The first-order valence-electron chi connectivity index (χ1n) is 9.28. The van der Waals surface area contributed by atoms with E-state index in [9.17, 15) is 9.59 Å². The summed E-state index contributed by atoms with van der Waals surface area (Å²) in [6, 6.07) is 8.10. The Morgan fingerprint density at radius 2 is 1.50 bits per heavy atom. The van der Waals surface area contributed by atoms with Crippen LogP contribution in [-0.2, 0) is 15.0 Å². The first kappa shape index (κ1) is 22.0. The Kier molecular flexibility index (Phi) is 8.12. The fourth-order valence-electron chi connectivity index (χ4n) is 2.21. The zero-order chi connectivity index (χ0) is 19.8. The highest BCUT2D eigenvalue weighted by Crippen LogP contribution is 2.24. The van der Waals surface area contributed by atoms with E-state index in [0.29, 0.717) is 32.5 Å². The highest BCUT2D eigenvalue weighted by Gasteiger charge is 2.20. The molecule has 0 aliphatic heterocycles. The van der Waals surface area contributed by atoms with Crippen LogP contribution >= 0.6 is 0 Å². The third-order valence-corrected chi connectivity index (χ3v) is 3.95. The van der Waals surface area contributed by atoms with Crippen molar-refractivity contribution in [3.05, 3.63) is 29.8 Å². The smallest absolute Gasteiger partial charge is 0.225 e. The molecule has 1 aromatic carbocycles. The molecule has 0 atom stereocenters. The average molecular weight is 363 g/mol. The van der Waals surface area contributed by atoms with Crippen LogP contribution in [0, 0.1) is 5.41 Å². The minimum atomic E-state index is -0.410. The summed E-state index contributed by atoms with van der Waals surface area (Å²) in [6.07, 6.45) is 1.06. The summed E-state index contributed by atoms with van der Waals surface area (Å²) in [5.74, 6) is 0.780. The van der Waals surface area contributed by atoms with E-state index in [4.69, 9.17) is 4.74 Å². The summed E-state index contributed by atoms with van der Waals surface area (Å²) in [5.41, 5.74) is 0.984. The van der Waals surface area contributed by atoms with Crippen molar-refractivity contribution in [3.8, 4) is 5.75 Å². The van der Waals surface area contributed by atoms with Crippen LogP contribution in [0.15, 0.2) is 24.3 Å². The number of ether oxygens (including phenoxy) is 1. The molecule has 0 heterocycles. The molecule has 26 heavy (non-hydrogen) atoms. The Bertz CT molecular complexity index is 581. The molecule has 0 unspecified atom stereocenters. The second-order valence-corrected chi connectivity index (χ2v) is 8.58. The van der Waals surface area contributed by atoms with E-state index < -0.39 is 5.41 Å². The molecule has 0 bridgehead atoms. The van der Waals surface area contributed by atoms with Gasteiger partial charge in [0.1, 0.15) is 5.75 Å². The number of carbonyl (C=O) groups excluding carboxylic acids is 2. The Labute approximate surface area is 157 Å². The Balaban J connectivity index is 2.16. The van der Waals surface area contributed by atoms with Crippen LogP contribution in [0.5, 0.6) is 5.75 Å². The molecule has 0 aliphatic rings. The van der Waals surface area contributed by atoms with Crippen LogP contribution in [-0.4, -0.2) is 31.5 Å². The van der Waals surface area contributed by atoms with Gasteiger partial charge in [-0.3, -0.25) is 9.59 Å². The maximum Gasteiger partial charge on any atom is 0.225 e. The molecular formula is C21H34N2O3. The maximum absolute atomic E-state index is 11.8. The standard InChI is InChI=1S/C21H34N2O3/c1-20(2,3)16-9-11-17(12-10-16)26-15-7-8-18(24)22-13-14-23-19(25)21(4,5)6/h9-12H,7-8,13-15H2,1-6H3,(H,22,24)(H,23,25). The number of nitrogens with one attached hydrogen (secondary N) is 2. The highest BCUT2D eigenvalue weighted by atomic mass is 16.5. The third-order valence-electron chi connectivity index (χ3n) is 3.95. The predicted octanol–water partition coefficient (Wildman–Crippen LogP) is 3.42. The van der Waals surface area contributed by atoms with Crippen molar-refractivity contribution in [1.82, 2.24) is 10.6 Å². The Hall–Kier alpha value is -2.04. The van der Waals surface area contributed by atoms with Gasteiger partial charge in [0, 0.05) is 24.9 Å². The van der Waals surface area contributed by atoms with Crippen molar-refractivity contribution >= 4 is 11.8 Å². The summed E-state index contributed by atoms with van der Waals surface area (Å²) < 4.78 is 5.68. The molecule has 5 nitrogen and oxygen atoms in total. The topological polar surface area (TPSA) is 67.4 Å². The number of amides is 2. The number of hydrogen-bond acceptors (Lipinski definition) is 3. The van der Waals surface area contributed by atoms with Crippen LogP contribution in [0.2, 0.25) is 0 Å². The molecule has 5 heteroatoms. The van der Waals surface area contributed by atoms with E-state index in [1.54, 1.807) is 0 Å². The minimum Gasteiger partial charge on any atom is -0.494 e. The zero-order valence-electron chi connectivity index (χ0n) is 17.1. The van der Waals surface area contributed by atoms with Gasteiger partial charge in [-0.2, -0.15) is 0 Å². The molecule has 1 rings (SSSR count). The van der Waals surface area contributed by atoms with E-state index in [2.05, 4.69) is 43.5 Å². The normalized spacial score (nSPS) is 11.8. The first-order chi connectivity index (χ1) is 12.0. The van der Waals surface area contributed by atoms with Crippen LogP contribution in [0.25, 0.3) is 0 Å². The van der Waals surface area contributed by atoms with Gasteiger partial charge in [-0.25, -0.2) is 0 Å². The Morgan fingerprint density at radius 1 is 0.923 bits per heavy atom. The van der Waals surface area contributed by atoms with Gasteiger partial charge in [0.2, 0.25) is 11.8 Å². The largest absolute Gasteiger partial charge is 0.494 e. The van der Waals surface area contributed by atoms with E-state index in [-0.39, 0.29) is 17.2 Å². The van der Waals surface area contributed by atoms with E-state index >= 15 is 0 Å². The molecular weight excluding hydrogens is 328 g/mol. The number of carbonyl (C=O) groups is 2. The average Bonchev–Trinajstić information content (AvgIpc) is 2.54. The van der Waals surface area contributed by atoms with Crippen LogP contribution in [0.4, 0.5) is 0 Å². The van der Waals surface area contributed by atoms with E-state index in [1.807, 2.05) is 32.9 Å². The molecule has 0 aliphatic carbocycles. The second kappa shape index (κ2) is 9.60. The van der Waals surface area contributed by atoms with Crippen molar-refractivity contribution in [2.24, 2.45) is 5.41 Å². The number of benzene rings is 1. The summed E-state index contributed by atoms with van der Waals surface area (Å²) in [4.78, 5) is 23.5. The molecule has 0 fully saturated rings. The molecule has 2 amide bonds. The Morgan fingerprint density at radius 3 is 2.04 bits per heavy atom. The minimum absolute atomic E-state index is 0.0161. The molecule has 1 aromatic rings. The van der Waals surface area contributed by atoms with Crippen LogP contribution in [0.3, 0.4) is 0 Å². The SMILES string of the molecule is CC(C)(C)C(=O)NCCNC(=O)CCCOc1ccc(C(C)(C)C)cc1. The fourth-order valence-corrected chi connectivity index (χ4v) is 2.21. The summed E-state index contributed by atoms with van der Waals surface area (Å²) >= 11 is 0. The quantitative estimate of drug-likeness (QED) is 0.696. The molecule has 0 aromatic heterocycles. The van der Waals surface area contributed by atoms with Crippen molar-refractivity contribution in [2.45, 2.75) is 59.8 Å². The van der Waals surface area contributed by atoms with Gasteiger partial charge in [0.15, 0.2) is 0 Å². The van der Waals surface area contributed by atoms with Crippen molar-refractivity contribution in [3.63, 3.8) is 0 Å². The van der Waals surface area contributed by atoms with Gasteiger partial charge in [-0.15, -0.1) is 0 Å². The third kappa shape index (κ3) is 8.37. The first-order valence-corrected chi connectivity index (χ1v) is 9.28. The predicted molar refractivity (Wildman–Crippen MR) is 105 cm³/mol. The monoisotopic (exact) mass is 362 g/mol. The number of hydrogen-bond donors (Lipinski definition) is 2. The lowest BCUT2D eigenvalue weighted by Crippen LogP contribution is -2.39. The van der Waals surface area contributed by atoms with Gasteiger partial charge in [-0.1, -0.05) is 53.7 Å². The summed E-state index contributed by atoms with van der Waals surface area (Å²) in [5, 5.41) is 5.61. The lowest BCUT2D eigenvalue weighted by molar-refractivity contribution is -0.128. The highest BCUT2D eigenvalue weighted by molar-refractivity contribution is 5.81. The van der Waals surface area contributed by atoms with Gasteiger partial charge in [-0.05, 0) is 29.5 Å². The van der Waals surface area contributed by atoms with Gasteiger partial charge >= 0.3 is 0 Å². The van der Waals surface area contributed by atoms with Gasteiger partial charge in [0.05, 0.1) is 6.61 Å². The van der Waals surface area contributed by atoms with Crippen LogP contribution in [0.1, 0.15) is 59.9 Å². The lowest BCUT2D eigenvalue weighted by Gasteiger charge is -2.19. The lowest BCUT2D eigenvalue weighted by atomic mass is 9.87. The van der Waals surface area contributed by atoms with Gasteiger partial charge in [0.25, 0.3) is 0 Å². The molecule has 2 N–H and O–H groups in total. The molecule has 0 spiro atoms.